The summed E-state index contributed by atoms with van der Waals surface area (Å²) in [5.41, 5.74) is 22.6. The number of hydrogen-bond acceptors (Lipinski definition) is 4. The average molecular weight is 1040 g/mol. The Morgan fingerprint density at radius 2 is 0.825 bits per heavy atom. The van der Waals surface area contributed by atoms with Crippen LogP contribution in [0.5, 0.6) is 0 Å². The zero-order valence-electron chi connectivity index (χ0n) is 44.3. The molecule has 0 spiro atoms. The van der Waals surface area contributed by atoms with E-state index >= 15 is 0 Å². The first-order valence-corrected chi connectivity index (χ1v) is 28.5. The monoisotopic (exact) mass is 1040 g/mol. The molecule has 4 heteroatoms. The van der Waals surface area contributed by atoms with Gasteiger partial charge in [-0.2, -0.15) is 0 Å². The van der Waals surface area contributed by atoms with Gasteiger partial charge in [0.1, 0.15) is 11.2 Å². The molecule has 2 aliphatic rings. The molecule has 2 aliphatic carbocycles. The van der Waals surface area contributed by atoms with E-state index in [-0.39, 0.29) is 5.41 Å². The zero-order chi connectivity index (χ0) is 53.1. The quantitative estimate of drug-likeness (QED) is 0.144. The van der Waals surface area contributed by atoms with Gasteiger partial charge in [-0.1, -0.05) is 202 Å². The van der Waals surface area contributed by atoms with Crippen LogP contribution in [0.4, 0.5) is 34.1 Å². The second kappa shape index (κ2) is 17.9. The second-order valence-electron chi connectivity index (χ2n) is 22.0. The largest absolute Gasteiger partial charge is 0.456 e. The lowest BCUT2D eigenvalue weighted by molar-refractivity contribution is 0.660. The van der Waals surface area contributed by atoms with E-state index < -0.39 is 5.41 Å². The molecule has 14 aromatic rings. The van der Waals surface area contributed by atoms with Gasteiger partial charge < -0.3 is 14.2 Å². The Bertz CT molecular complexity index is 4720. The topological polar surface area (TPSA) is 19.6 Å². The fourth-order valence-electron chi connectivity index (χ4n) is 13.7. The molecule has 0 bridgehead atoms. The number of thiophene rings is 1. The van der Waals surface area contributed by atoms with Crippen LogP contribution in [0.15, 0.2) is 283 Å². The van der Waals surface area contributed by atoms with Crippen LogP contribution >= 0.6 is 11.3 Å². The molecule has 0 amide bonds. The van der Waals surface area contributed by atoms with Crippen molar-refractivity contribution in [2.75, 3.05) is 9.80 Å². The molecular weight excluding hydrogens is 989 g/mol. The molecule has 0 saturated carbocycles. The number of rotatable bonds is 9. The summed E-state index contributed by atoms with van der Waals surface area (Å²) in [7, 11) is 0. The van der Waals surface area contributed by atoms with Crippen molar-refractivity contribution in [1.82, 2.24) is 0 Å². The number of nitrogens with zero attached hydrogens (tertiary/aromatic N) is 2. The predicted molar refractivity (Wildman–Crippen MR) is 336 cm³/mol. The lowest BCUT2D eigenvalue weighted by atomic mass is 9.68. The highest BCUT2D eigenvalue weighted by Crippen LogP contribution is 2.58. The van der Waals surface area contributed by atoms with Crippen LogP contribution in [-0.2, 0) is 10.8 Å². The van der Waals surface area contributed by atoms with Crippen LogP contribution in [-0.4, -0.2) is 0 Å². The molecule has 0 fully saturated rings. The van der Waals surface area contributed by atoms with E-state index in [0.717, 1.165) is 56.1 Å². The molecule has 0 N–H and O–H groups in total. The summed E-state index contributed by atoms with van der Waals surface area (Å²) in [4.78, 5) is 4.93. The molecule has 0 unspecified atom stereocenters. The second-order valence-corrected chi connectivity index (χ2v) is 23.0. The molecule has 16 rings (SSSR count). The van der Waals surface area contributed by atoms with Crippen LogP contribution in [0.3, 0.4) is 0 Å². The van der Waals surface area contributed by atoms with Gasteiger partial charge in [0.2, 0.25) is 0 Å². The zero-order valence-corrected chi connectivity index (χ0v) is 45.1. The van der Waals surface area contributed by atoms with Crippen LogP contribution in [0.25, 0.3) is 75.5 Å². The van der Waals surface area contributed by atoms with E-state index in [9.17, 15) is 0 Å². The summed E-state index contributed by atoms with van der Waals surface area (Å²) in [6.45, 7) is 4.72. The van der Waals surface area contributed by atoms with E-state index in [4.69, 9.17) is 4.42 Å². The Labute approximate surface area is 469 Å². The number of benzene rings is 12. The molecule has 2 aromatic heterocycles. The van der Waals surface area contributed by atoms with Crippen molar-refractivity contribution in [2.45, 2.75) is 24.7 Å². The van der Waals surface area contributed by atoms with Crippen LogP contribution in [0.1, 0.15) is 47.2 Å². The third-order valence-corrected chi connectivity index (χ3v) is 18.5. The van der Waals surface area contributed by atoms with Crippen molar-refractivity contribution in [1.29, 1.82) is 0 Å². The standard InChI is InChI=1S/C76H52N2OS/c1-75(2)65-31-15-12-28-58(65)61-46-55(37-40-66(61)75)77(56-39-43-73-64(48-56)63-44-50(36-42-72(63)80-73)49-20-6-3-7-21-49)53-26-18-27-54(45-53)78(69-33-19-35-71-74(69)60-30-14-17-34-70(60)79-71)57-38-41-68-62(47-57)59-29-13-16-32-67(59)76(68,51-22-8-4-9-23-51)52-24-10-5-11-25-52/h3-48H,1-2H3. The first kappa shape index (κ1) is 46.4. The Morgan fingerprint density at radius 3 is 1.57 bits per heavy atom. The lowest BCUT2D eigenvalue weighted by Crippen LogP contribution is -2.28. The highest BCUT2D eigenvalue weighted by atomic mass is 32.1. The minimum absolute atomic E-state index is 0.128. The van der Waals surface area contributed by atoms with Gasteiger partial charge in [0, 0.05) is 59.4 Å². The molecule has 0 radical (unpaired) electrons. The summed E-state index contributed by atoms with van der Waals surface area (Å²) in [6.07, 6.45) is 0. The summed E-state index contributed by atoms with van der Waals surface area (Å²) in [6, 6.07) is 103. The van der Waals surface area contributed by atoms with E-state index in [1.807, 2.05) is 11.3 Å². The average Bonchev–Trinajstić information content (AvgIpc) is 4.42. The number of hydrogen-bond donors (Lipinski definition) is 0. The molecule has 0 aliphatic heterocycles. The summed E-state index contributed by atoms with van der Waals surface area (Å²) >= 11 is 1.86. The van der Waals surface area contributed by atoms with Gasteiger partial charge in [0.05, 0.1) is 16.5 Å². The first-order chi connectivity index (χ1) is 39.4. The molecule has 3 nitrogen and oxygen atoms in total. The maximum absolute atomic E-state index is 6.67. The number of fused-ring (bicyclic) bond motifs is 12. The smallest absolute Gasteiger partial charge is 0.137 e. The maximum Gasteiger partial charge on any atom is 0.137 e. The van der Waals surface area contributed by atoms with Gasteiger partial charge >= 0.3 is 0 Å². The number of furan rings is 1. The Hall–Kier alpha value is -9.74. The van der Waals surface area contributed by atoms with Gasteiger partial charge in [0.15, 0.2) is 0 Å². The fourth-order valence-corrected chi connectivity index (χ4v) is 14.8. The molecule has 80 heavy (non-hydrogen) atoms. The Kier molecular flexibility index (Phi) is 10.4. The molecule has 2 heterocycles. The fraction of sp³-hybridized carbons (Fsp3) is 0.0526. The van der Waals surface area contributed by atoms with Crippen LogP contribution < -0.4 is 9.80 Å². The van der Waals surface area contributed by atoms with Gasteiger partial charge in [-0.25, -0.2) is 0 Å². The van der Waals surface area contributed by atoms with Gasteiger partial charge in [-0.05, 0) is 158 Å². The minimum atomic E-state index is -0.525. The summed E-state index contributed by atoms with van der Waals surface area (Å²) < 4.78 is 9.21. The highest BCUT2D eigenvalue weighted by molar-refractivity contribution is 7.25. The van der Waals surface area contributed by atoms with Crippen molar-refractivity contribution >= 4 is 87.6 Å². The van der Waals surface area contributed by atoms with Crippen molar-refractivity contribution in [3.8, 4) is 33.4 Å². The highest BCUT2D eigenvalue weighted by Gasteiger charge is 2.46. The Morgan fingerprint density at radius 1 is 0.325 bits per heavy atom. The SMILES string of the molecule is CC1(C)c2ccccc2-c2cc(N(c3cccc(N(c4ccc5c(c4)-c4ccccc4C5(c4ccccc4)c4ccccc4)c4cccc5oc6ccccc6c45)c3)c3ccc4sc5ccc(-c6ccccc6)cc5c4c3)ccc21. The molecule has 0 atom stereocenters. The van der Waals surface area contributed by atoms with Crippen LogP contribution in [0.2, 0.25) is 0 Å². The van der Waals surface area contributed by atoms with Crippen molar-refractivity contribution in [2.24, 2.45) is 0 Å². The normalized spacial score (nSPS) is 13.6. The molecule has 12 aromatic carbocycles. The molecule has 378 valence electrons. The van der Waals surface area contributed by atoms with E-state index in [1.165, 1.54) is 86.9 Å². The van der Waals surface area contributed by atoms with Crippen molar-refractivity contribution in [3.05, 3.63) is 312 Å². The minimum Gasteiger partial charge on any atom is -0.456 e. The van der Waals surface area contributed by atoms with E-state index in [2.05, 4.69) is 303 Å². The van der Waals surface area contributed by atoms with Gasteiger partial charge in [-0.3, -0.25) is 0 Å². The summed E-state index contributed by atoms with van der Waals surface area (Å²) in [5.74, 6) is 0. The first-order valence-electron chi connectivity index (χ1n) is 27.6. The number of anilines is 6. The number of para-hydroxylation sites is 1. The van der Waals surface area contributed by atoms with Gasteiger partial charge in [0.25, 0.3) is 0 Å². The third kappa shape index (κ3) is 6.92. The predicted octanol–water partition coefficient (Wildman–Crippen LogP) is 21.2. The van der Waals surface area contributed by atoms with Crippen molar-refractivity contribution in [3.63, 3.8) is 0 Å². The molecular formula is C76H52N2OS. The lowest BCUT2D eigenvalue weighted by Gasteiger charge is -2.34. The molecule has 0 saturated heterocycles. The Balaban J connectivity index is 0.931. The van der Waals surface area contributed by atoms with E-state index in [1.54, 1.807) is 0 Å². The third-order valence-electron chi connectivity index (χ3n) is 17.3. The van der Waals surface area contributed by atoms with E-state index in [0.29, 0.717) is 0 Å². The summed E-state index contributed by atoms with van der Waals surface area (Å²) in [5, 5.41) is 4.65. The van der Waals surface area contributed by atoms with Crippen molar-refractivity contribution < 1.29 is 4.42 Å². The maximum atomic E-state index is 6.67. The van der Waals surface area contributed by atoms with Gasteiger partial charge in [-0.15, -0.1) is 11.3 Å². The van der Waals surface area contributed by atoms with Crippen LogP contribution in [0, 0.1) is 0 Å².